The fraction of sp³-hybridized carbons (Fsp3) is 0.538. The van der Waals surface area contributed by atoms with E-state index >= 15 is 0 Å². The lowest BCUT2D eigenvalue weighted by Gasteiger charge is -2.19. The van der Waals surface area contributed by atoms with Gasteiger partial charge in [-0.25, -0.2) is 13.6 Å². The molecule has 1 rings (SSSR count). The normalized spacial score (nSPS) is 15.4. The molecule has 126 valence electrons. The Morgan fingerprint density at radius 2 is 1.95 bits per heavy atom. The molecule has 0 fully saturated rings. The van der Waals surface area contributed by atoms with Crippen LogP contribution in [0, 0.1) is 5.92 Å². The van der Waals surface area contributed by atoms with Crippen molar-refractivity contribution < 1.29 is 26.7 Å². The molecule has 0 amide bonds. The van der Waals surface area contributed by atoms with Gasteiger partial charge in [0.25, 0.3) is 0 Å². The second kappa shape index (κ2) is 6.84. The molecule has 9 heteroatoms. The molecule has 0 heterocycles. The number of sulfonamides is 1. The molecule has 5 nitrogen and oxygen atoms in total. The van der Waals surface area contributed by atoms with Gasteiger partial charge < -0.3 is 10.4 Å². The van der Waals surface area contributed by atoms with Gasteiger partial charge in [0.05, 0.1) is 16.6 Å². The van der Waals surface area contributed by atoms with E-state index in [9.17, 15) is 26.7 Å². The van der Waals surface area contributed by atoms with Crippen molar-refractivity contribution in [1.29, 1.82) is 0 Å². The molecule has 2 unspecified atom stereocenters. The zero-order chi connectivity index (χ0) is 17.1. The van der Waals surface area contributed by atoms with Gasteiger partial charge in [0.2, 0.25) is 10.0 Å². The molecule has 0 aliphatic carbocycles. The van der Waals surface area contributed by atoms with E-state index < -0.39 is 32.8 Å². The summed E-state index contributed by atoms with van der Waals surface area (Å²) in [4.78, 5) is -0.979. The molecule has 0 aliphatic rings. The van der Waals surface area contributed by atoms with Gasteiger partial charge in [0.1, 0.15) is 0 Å². The Morgan fingerprint density at radius 1 is 1.36 bits per heavy atom. The molecule has 1 aromatic rings. The molecule has 22 heavy (non-hydrogen) atoms. The second-order valence-electron chi connectivity index (χ2n) is 5.09. The summed E-state index contributed by atoms with van der Waals surface area (Å²) < 4.78 is 61.3. The van der Waals surface area contributed by atoms with E-state index in [1.165, 1.54) is 6.07 Å². The number of halogens is 3. The van der Waals surface area contributed by atoms with Crippen molar-refractivity contribution in [1.82, 2.24) is 0 Å². The number of benzene rings is 1. The lowest BCUT2D eigenvalue weighted by Crippen LogP contribution is -2.26. The van der Waals surface area contributed by atoms with Crippen molar-refractivity contribution in [2.24, 2.45) is 11.1 Å². The van der Waals surface area contributed by atoms with Crippen LogP contribution in [0.4, 0.5) is 18.9 Å². The first-order chi connectivity index (χ1) is 9.96. The number of hydrogen-bond donors (Lipinski definition) is 3. The average molecular weight is 340 g/mol. The minimum absolute atomic E-state index is 0.0155. The Labute approximate surface area is 127 Å². The largest absolute Gasteiger partial charge is 0.417 e. The van der Waals surface area contributed by atoms with Gasteiger partial charge in [-0.3, -0.25) is 0 Å². The number of rotatable bonds is 6. The monoisotopic (exact) mass is 340 g/mol. The van der Waals surface area contributed by atoms with Crippen molar-refractivity contribution in [3.8, 4) is 0 Å². The van der Waals surface area contributed by atoms with Crippen molar-refractivity contribution in [2.45, 2.75) is 37.4 Å². The van der Waals surface area contributed by atoms with Crippen LogP contribution < -0.4 is 10.5 Å². The maximum absolute atomic E-state index is 12.9. The molecule has 0 saturated heterocycles. The fourth-order valence-electron chi connectivity index (χ4n) is 1.81. The number of hydrogen-bond acceptors (Lipinski definition) is 4. The van der Waals surface area contributed by atoms with Crippen molar-refractivity contribution in [3.05, 3.63) is 23.8 Å². The summed E-state index contributed by atoms with van der Waals surface area (Å²) in [6, 6.07) is 2.65. The van der Waals surface area contributed by atoms with Crippen LogP contribution in [0.1, 0.15) is 25.8 Å². The van der Waals surface area contributed by atoms with E-state index in [-0.39, 0.29) is 18.2 Å². The molecule has 0 saturated carbocycles. The topological polar surface area (TPSA) is 92.4 Å². The Bertz CT molecular complexity index is 617. The Morgan fingerprint density at radius 3 is 2.41 bits per heavy atom. The van der Waals surface area contributed by atoms with Crippen LogP contribution >= 0.6 is 0 Å². The van der Waals surface area contributed by atoms with Gasteiger partial charge in [-0.05, 0) is 24.1 Å². The maximum atomic E-state index is 12.9. The van der Waals surface area contributed by atoms with Crippen LogP contribution in [0.3, 0.4) is 0 Å². The minimum atomic E-state index is -4.85. The van der Waals surface area contributed by atoms with E-state index in [2.05, 4.69) is 5.32 Å². The quantitative estimate of drug-likeness (QED) is 0.740. The third kappa shape index (κ3) is 4.85. The van der Waals surface area contributed by atoms with Crippen LogP contribution in [-0.4, -0.2) is 26.2 Å². The van der Waals surface area contributed by atoms with Gasteiger partial charge in [-0.15, -0.1) is 0 Å². The number of primary sulfonamides is 1. The summed E-state index contributed by atoms with van der Waals surface area (Å²) >= 11 is 0. The number of nitrogens with two attached hydrogens (primary N) is 1. The van der Waals surface area contributed by atoms with Crippen LogP contribution in [0.25, 0.3) is 0 Å². The highest BCUT2D eigenvalue weighted by Crippen LogP contribution is 2.35. The molecule has 1 aromatic carbocycles. The van der Waals surface area contributed by atoms with Gasteiger partial charge in [0, 0.05) is 12.2 Å². The number of nitrogens with one attached hydrogen (secondary N) is 1. The molecule has 4 N–H and O–H groups in total. The summed E-state index contributed by atoms with van der Waals surface area (Å²) in [5.41, 5.74) is -1.28. The smallest absolute Gasteiger partial charge is 0.391 e. The minimum Gasteiger partial charge on any atom is -0.391 e. The standard InChI is InChI=1S/C13H19F3N2O3S/c1-3-8(2)11(19)7-18-9-4-5-12(22(17,20)21)10(6-9)13(14,15)16/h4-6,8,11,18-19H,3,7H2,1-2H3,(H2,17,20,21). The maximum Gasteiger partial charge on any atom is 0.417 e. The van der Waals surface area contributed by atoms with Gasteiger partial charge >= 0.3 is 6.18 Å². The van der Waals surface area contributed by atoms with Crippen LogP contribution in [0.2, 0.25) is 0 Å². The van der Waals surface area contributed by atoms with Gasteiger partial charge in [0.15, 0.2) is 0 Å². The van der Waals surface area contributed by atoms with E-state index in [0.717, 1.165) is 12.5 Å². The molecular weight excluding hydrogens is 321 g/mol. The summed E-state index contributed by atoms with van der Waals surface area (Å²) in [6.07, 6.45) is -4.85. The summed E-state index contributed by atoms with van der Waals surface area (Å²) in [5, 5.41) is 17.3. The number of aliphatic hydroxyl groups excluding tert-OH is 1. The van der Waals surface area contributed by atoms with Gasteiger partial charge in [-0.1, -0.05) is 20.3 Å². The molecular formula is C13H19F3N2O3S. The molecule has 0 bridgehead atoms. The van der Waals surface area contributed by atoms with Crippen LogP contribution in [0.15, 0.2) is 23.1 Å². The van der Waals surface area contributed by atoms with Gasteiger partial charge in [-0.2, -0.15) is 13.2 Å². The predicted octanol–water partition coefficient (Wildman–Crippen LogP) is 2.17. The van der Waals surface area contributed by atoms with E-state index in [1.807, 2.05) is 13.8 Å². The fourth-order valence-corrected chi connectivity index (χ4v) is 2.54. The Kier molecular flexibility index (Phi) is 5.82. The first kappa shape index (κ1) is 18.7. The van der Waals surface area contributed by atoms with Crippen molar-refractivity contribution in [3.63, 3.8) is 0 Å². The van der Waals surface area contributed by atoms with Crippen LogP contribution in [-0.2, 0) is 16.2 Å². The zero-order valence-electron chi connectivity index (χ0n) is 12.2. The predicted molar refractivity (Wildman–Crippen MR) is 76.8 cm³/mol. The van der Waals surface area contributed by atoms with Crippen LogP contribution in [0.5, 0.6) is 0 Å². The van der Waals surface area contributed by atoms with Crippen molar-refractivity contribution >= 4 is 15.7 Å². The summed E-state index contributed by atoms with van der Waals surface area (Å²) in [7, 11) is -4.48. The lowest BCUT2D eigenvalue weighted by molar-refractivity contribution is -0.139. The molecule has 0 radical (unpaired) electrons. The highest BCUT2D eigenvalue weighted by atomic mass is 32.2. The van der Waals surface area contributed by atoms with E-state index in [4.69, 9.17) is 5.14 Å². The first-order valence-electron chi connectivity index (χ1n) is 6.62. The third-order valence-corrected chi connectivity index (χ3v) is 4.38. The third-order valence-electron chi connectivity index (χ3n) is 3.41. The number of aliphatic hydroxyl groups is 1. The lowest BCUT2D eigenvalue weighted by atomic mass is 10.0. The molecule has 0 aromatic heterocycles. The van der Waals surface area contributed by atoms with Crippen molar-refractivity contribution in [2.75, 3.05) is 11.9 Å². The molecule has 0 aliphatic heterocycles. The molecule has 2 atom stereocenters. The van der Waals surface area contributed by atoms with E-state index in [1.54, 1.807) is 0 Å². The highest BCUT2D eigenvalue weighted by Gasteiger charge is 2.36. The number of anilines is 1. The zero-order valence-corrected chi connectivity index (χ0v) is 13.0. The number of alkyl halides is 3. The molecule has 0 spiro atoms. The SMILES string of the molecule is CCC(C)C(O)CNc1ccc(S(N)(=O)=O)c(C(F)(F)F)c1. The Balaban J connectivity index is 3.06. The Hall–Kier alpha value is -1.32. The first-order valence-corrected chi connectivity index (χ1v) is 8.17. The average Bonchev–Trinajstić information content (AvgIpc) is 2.41. The second-order valence-corrected chi connectivity index (χ2v) is 6.62. The van der Waals surface area contributed by atoms with E-state index in [0.29, 0.717) is 6.07 Å². The highest BCUT2D eigenvalue weighted by molar-refractivity contribution is 7.89. The summed E-state index contributed by atoms with van der Waals surface area (Å²) in [5.74, 6) is -0.0155. The summed E-state index contributed by atoms with van der Waals surface area (Å²) in [6.45, 7) is 3.76.